The number of nitrogens with one attached hydrogen (secondary N) is 3. The number of guanidine groups is 1. The zero-order valence-electron chi connectivity index (χ0n) is 16.8. The Bertz CT molecular complexity index is 965. The molecule has 0 radical (unpaired) electrons. The van der Waals surface area contributed by atoms with Crippen molar-refractivity contribution in [2.24, 2.45) is 4.99 Å². The Morgan fingerprint density at radius 3 is 2.43 bits per heavy atom. The Labute approximate surface area is 193 Å². The van der Waals surface area contributed by atoms with E-state index < -0.39 is 14.9 Å². The van der Waals surface area contributed by atoms with Gasteiger partial charge in [-0.1, -0.05) is 35.9 Å². The summed E-state index contributed by atoms with van der Waals surface area (Å²) < 4.78 is 27.0. The molecule has 0 spiro atoms. The molecule has 2 aromatic carbocycles. The fraction of sp³-hybridized carbons (Fsp3) is 0.316. The van der Waals surface area contributed by atoms with Crippen LogP contribution in [0.1, 0.15) is 18.1 Å². The zero-order chi connectivity index (χ0) is 21.3. The molecule has 0 aliphatic rings. The molecule has 0 saturated carbocycles. The van der Waals surface area contributed by atoms with Crippen molar-refractivity contribution >= 4 is 45.6 Å². The van der Waals surface area contributed by atoms with Gasteiger partial charge in [0.25, 0.3) is 5.69 Å². The highest BCUT2D eigenvalue weighted by atomic mass is 127. The average Bonchev–Trinajstić information content (AvgIpc) is 2.70. The van der Waals surface area contributed by atoms with E-state index in [4.69, 9.17) is 0 Å². The average molecular weight is 547 g/mol. The van der Waals surface area contributed by atoms with Crippen molar-refractivity contribution in [1.82, 2.24) is 15.4 Å². The molecule has 0 bridgehead atoms. The molecule has 30 heavy (non-hydrogen) atoms. The second-order valence-corrected chi connectivity index (χ2v) is 8.03. The summed E-state index contributed by atoms with van der Waals surface area (Å²) >= 11 is 0. The number of sulfonamides is 1. The second kappa shape index (κ2) is 12.4. The number of benzene rings is 2. The summed E-state index contributed by atoms with van der Waals surface area (Å²) in [7, 11) is -3.84. The van der Waals surface area contributed by atoms with E-state index in [1.165, 1.54) is 23.8 Å². The van der Waals surface area contributed by atoms with Gasteiger partial charge in [0.05, 0.1) is 16.4 Å². The second-order valence-electron chi connectivity index (χ2n) is 6.26. The van der Waals surface area contributed by atoms with Crippen molar-refractivity contribution in [1.29, 1.82) is 0 Å². The summed E-state index contributed by atoms with van der Waals surface area (Å²) in [4.78, 5) is 14.5. The van der Waals surface area contributed by atoms with Gasteiger partial charge in [-0.2, -0.15) is 0 Å². The molecule has 0 atom stereocenters. The van der Waals surface area contributed by atoms with Crippen molar-refractivity contribution in [3.8, 4) is 0 Å². The van der Waals surface area contributed by atoms with Gasteiger partial charge in [-0.25, -0.2) is 18.1 Å². The molecule has 9 nitrogen and oxygen atoms in total. The van der Waals surface area contributed by atoms with Gasteiger partial charge < -0.3 is 10.6 Å². The number of rotatable bonds is 9. The third kappa shape index (κ3) is 8.24. The number of nitro benzene ring substituents is 1. The van der Waals surface area contributed by atoms with Gasteiger partial charge in [-0.05, 0) is 25.5 Å². The number of non-ortho nitro benzene ring substituents is 1. The minimum Gasteiger partial charge on any atom is -0.357 e. The van der Waals surface area contributed by atoms with Crippen molar-refractivity contribution in [3.05, 3.63) is 69.8 Å². The molecular formula is C19H26IN5O4S. The van der Waals surface area contributed by atoms with Gasteiger partial charge in [0.1, 0.15) is 0 Å². The smallest absolute Gasteiger partial charge is 0.270 e. The molecule has 0 amide bonds. The minimum atomic E-state index is -3.84. The number of halogens is 1. The third-order valence-electron chi connectivity index (χ3n) is 3.93. The van der Waals surface area contributed by atoms with Crippen molar-refractivity contribution in [2.75, 3.05) is 19.6 Å². The van der Waals surface area contributed by atoms with Crippen LogP contribution in [0.25, 0.3) is 0 Å². The number of aliphatic imine (C=N–C) groups is 1. The van der Waals surface area contributed by atoms with E-state index >= 15 is 0 Å². The van der Waals surface area contributed by atoms with Crippen LogP contribution in [0.2, 0.25) is 0 Å². The predicted octanol–water partition coefficient (Wildman–Crippen LogP) is 2.55. The Balaban J connectivity index is 0.00000450. The molecule has 164 valence electrons. The predicted molar refractivity (Wildman–Crippen MR) is 128 cm³/mol. The van der Waals surface area contributed by atoms with Crippen LogP contribution in [0.3, 0.4) is 0 Å². The summed E-state index contributed by atoms with van der Waals surface area (Å²) in [5, 5.41) is 17.0. The van der Waals surface area contributed by atoms with E-state index in [1.807, 2.05) is 38.1 Å². The van der Waals surface area contributed by atoms with Gasteiger partial charge in [0.15, 0.2) is 5.96 Å². The van der Waals surface area contributed by atoms with E-state index in [2.05, 4.69) is 20.3 Å². The lowest BCUT2D eigenvalue weighted by Gasteiger charge is -2.12. The standard InChI is InChI=1S/C19H25N5O4S.HI/c1-3-20-19(22-14-16-9-7-15(2)8-10-16)21-11-12-23-29(27,28)18-6-4-5-17(13-18)24(25)26;/h4-10,13,23H,3,11-12,14H2,1-2H3,(H2,20,21,22);1H. The van der Waals surface area contributed by atoms with Crippen molar-refractivity contribution in [2.45, 2.75) is 25.3 Å². The van der Waals surface area contributed by atoms with Crippen molar-refractivity contribution in [3.63, 3.8) is 0 Å². The number of hydrogen-bond donors (Lipinski definition) is 3. The Kier molecular flexibility index (Phi) is 10.7. The van der Waals surface area contributed by atoms with Crippen LogP contribution in [0, 0.1) is 17.0 Å². The molecule has 0 fully saturated rings. The highest BCUT2D eigenvalue weighted by Gasteiger charge is 2.17. The van der Waals surface area contributed by atoms with Crippen LogP contribution in [0.4, 0.5) is 5.69 Å². The molecule has 0 aromatic heterocycles. The Morgan fingerprint density at radius 2 is 1.80 bits per heavy atom. The maximum Gasteiger partial charge on any atom is 0.270 e. The molecule has 11 heteroatoms. The number of aryl methyl sites for hydroxylation is 1. The molecule has 0 heterocycles. The first kappa shape index (κ1) is 25.8. The van der Waals surface area contributed by atoms with Crippen LogP contribution in [-0.4, -0.2) is 38.9 Å². The summed E-state index contributed by atoms with van der Waals surface area (Å²) in [6, 6.07) is 13.0. The number of nitro groups is 1. The van der Waals surface area contributed by atoms with E-state index in [0.29, 0.717) is 25.6 Å². The highest BCUT2D eigenvalue weighted by molar-refractivity contribution is 14.0. The maximum absolute atomic E-state index is 12.3. The maximum atomic E-state index is 12.3. The highest BCUT2D eigenvalue weighted by Crippen LogP contribution is 2.16. The van der Waals surface area contributed by atoms with Crippen LogP contribution in [0.5, 0.6) is 0 Å². The van der Waals surface area contributed by atoms with E-state index in [9.17, 15) is 18.5 Å². The lowest BCUT2D eigenvalue weighted by molar-refractivity contribution is -0.385. The molecule has 0 aliphatic carbocycles. The van der Waals surface area contributed by atoms with Gasteiger partial charge in [-0.15, -0.1) is 24.0 Å². The number of hydrogen-bond acceptors (Lipinski definition) is 5. The molecule has 3 N–H and O–H groups in total. The van der Waals surface area contributed by atoms with Crippen LogP contribution >= 0.6 is 24.0 Å². The summed E-state index contributed by atoms with van der Waals surface area (Å²) in [6.45, 7) is 5.52. The van der Waals surface area contributed by atoms with Gasteiger partial charge in [-0.3, -0.25) is 10.1 Å². The SMILES string of the molecule is CCNC(=NCc1ccc(C)cc1)NCCNS(=O)(=O)c1cccc([N+](=O)[O-])c1.I. The van der Waals surface area contributed by atoms with Crippen LogP contribution in [-0.2, 0) is 16.6 Å². The fourth-order valence-corrected chi connectivity index (χ4v) is 3.49. The first-order chi connectivity index (χ1) is 13.8. The van der Waals surface area contributed by atoms with Gasteiger partial charge in [0, 0.05) is 31.8 Å². The topological polar surface area (TPSA) is 126 Å². The summed E-state index contributed by atoms with van der Waals surface area (Å²) in [6.07, 6.45) is 0. The lowest BCUT2D eigenvalue weighted by atomic mass is 10.1. The zero-order valence-corrected chi connectivity index (χ0v) is 19.9. The quantitative estimate of drug-likeness (QED) is 0.111. The third-order valence-corrected chi connectivity index (χ3v) is 5.39. The van der Waals surface area contributed by atoms with Gasteiger partial charge >= 0.3 is 0 Å². The normalized spacial score (nSPS) is 11.5. The Hall–Kier alpha value is -2.25. The van der Waals surface area contributed by atoms with Crippen molar-refractivity contribution < 1.29 is 13.3 Å². The summed E-state index contributed by atoms with van der Waals surface area (Å²) in [5.74, 6) is 0.572. The molecule has 2 aromatic rings. The molecular weight excluding hydrogens is 521 g/mol. The molecule has 0 aliphatic heterocycles. The van der Waals surface area contributed by atoms with E-state index in [0.717, 1.165) is 11.6 Å². The Morgan fingerprint density at radius 1 is 1.10 bits per heavy atom. The van der Waals surface area contributed by atoms with Gasteiger partial charge in [0.2, 0.25) is 10.0 Å². The van der Waals surface area contributed by atoms with Crippen LogP contribution in [0.15, 0.2) is 58.4 Å². The number of nitrogens with zero attached hydrogens (tertiary/aromatic N) is 2. The van der Waals surface area contributed by atoms with E-state index in [1.54, 1.807) is 0 Å². The lowest BCUT2D eigenvalue weighted by Crippen LogP contribution is -2.41. The minimum absolute atomic E-state index is 0. The molecule has 0 saturated heterocycles. The van der Waals surface area contributed by atoms with E-state index in [-0.39, 0.29) is 41.1 Å². The summed E-state index contributed by atoms with van der Waals surface area (Å²) in [5.41, 5.74) is 1.97. The first-order valence-corrected chi connectivity index (χ1v) is 10.6. The monoisotopic (exact) mass is 547 g/mol. The first-order valence-electron chi connectivity index (χ1n) is 9.13. The molecule has 2 rings (SSSR count). The molecule has 0 unspecified atom stereocenters. The fourth-order valence-electron chi connectivity index (χ4n) is 2.42. The van der Waals surface area contributed by atoms with Crippen LogP contribution < -0.4 is 15.4 Å². The largest absolute Gasteiger partial charge is 0.357 e.